The van der Waals surface area contributed by atoms with Crippen LogP contribution >= 0.6 is 11.6 Å². The molecule has 0 aliphatic rings. The predicted octanol–water partition coefficient (Wildman–Crippen LogP) is 6.96. The van der Waals surface area contributed by atoms with E-state index in [4.69, 9.17) is 30.2 Å². The molecule has 1 heterocycles. The topological polar surface area (TPSA) is 75.0 Å². The Balaban J connectivity index is 1.87. The molecule has 7 heteroatoms. The fourth-order valence-electron chi connectivity index (χ4n) is 3.82. The van der Waals surface area contributed by atoms with Crippen LogP contribution in [0, 0.1) is 6.92 Å². The Labute approximate surface area is 214 Å². The highest BCUT2D eigenvalue weighted by molar-refractivity contribution is 6.32. The third-order valence-electron chi connectivity index (χ3n) is 5.96. The van der Waals surface area contributed by atoms with E-state index >= 15 is 0 Å². The summed E-state index contributed by atoms with van der Waals surface area (Å²) >= 11 is 6.28. The standard InChI is InChI=1S/C29H27ClO6/c1-16-13-23-20(15-21(16)30)25(31)27(26(35-23)17-7-10-19(11-8-17)29(2,3)4)36-28(32)18-9-12-22(33-5)24(14-18)34-6/h7-15H,1-6H3. The summed E-state index contributed by atoms with van der Waals surface area (Å²) in [7, 11) is 2.97. The normalized spacial score (nSPS) is 11.4. The summed E-state index contributed by atoms with van der Waals surface area (Å²) in [5, 5.41) is 0.630. The van der Waals surface area contributed by atoms with E-state index in [0.717, 1.165) is 11.1 Å². The fourth-order valence-corrected chi connectivity index (χ4v) is 3.98. The molecule has 0 fully saturated rings. The van der Waals surface area contributed by atoms with Crippen molar-refractivity contribution in [2.24, 2.45) is 0 Å². The second kappa shape index (κ2) is 9.70. The summed E-state index contributed by atoms with van der Waals surface area (Å²) in [6.07, 6.45) is 0. The van der Waals surface area contributed by atoms with Crippen LogP contribution in [0.1, 0.15) is 42.3 Å². The van der Waals surface area contributed by atoms with Gasteiger partial charge in [0.15, 0.2) is 17.3 Å². The average Bonchev–Trinajstić information content (AvgIpc) is 2.86. The number of benzene rings is 3. The van der Waals surface area contributed by atoms with Gasteiger partial charge in [-0.05, 0) is 53.8 Å². The molecule has 36 heavy (non-hydrogen) atoms. The van der Waals surface area contributed by atoms with Crippen molar-refractivity contribution in [1.29, 1.82) is 0 Å². The molecule has 0 aliphatic heterocycles. The molecule has 0 aliphatic carbocycles. The summed E-state index contributed by atoms with van der Waals surface area (Å²) in [5.41, 5.74) is 2.45. The van der Waals surface area contributed by atoms with Gasteiger partial charge in [0.1, 0.15) is 5.58 Å². The second-order valence-corrected chi connectivity index (χ2v) is 9.88. The first-order valence-electron chi connectivity index (χ1n) is 11.4. The summed E-state index contributed by atoms with van der Waals surface area (Å²) < 4.78 is 22.4. The number of carbonyl (C=O) groups excluding carboxylic acids is 1. The number of halogens is 1. The third kappa shape index (κ3) is 4.82. The molecule has 0 radical (unpaired) electrons. The number of esters is 1. The van der Waals surface area contributed by atoms with Gasteiger partial charge in [0.2, 0.25) is 11.2 Å². The maximum Gasteiger partial charge on any atom is 0.343 e. The minimum Gasteiger partial charge on any atom is -0.493 e. The van der Waals surface area contributed by atoms with Crippen LogP contribution in [0.4, 0.5) is 0 Å². The van der Waals surface area contributed by atoms with Crippen molar-refractivity contribution in [2.45, 2.75) is 33.1 Å². The zero-order valence-electron chi connectivity index (χ0n) is 21.0. The minimum absolute atomic E-state index is 0.0562. The highest BCUT2D eigenvalue weighted by Gasteiger charge is 2.23. The van der Waals surface area contributed by atoms with Crippen LogP contribution in [0.15, 0.2) is 63.8 Å². The largest absolute Gasteiger partial charge is 0.493 e. The Kier molecular flexibility index (Phi) is 6.83. The van der Waals surface area contributed by atoms with Gasteiger partial charge >= 0.3 is 5.97 Å². The van der Waals surface area contributed by atoms with Gasteiger partial charge in [-0.1, -0.05) is 56.6 Å². The lowest BCUT2D eigenvalue weighted by atomic mass is 9.86. The Morgan fingerprint density at radius 2 is 1.58 bits per heavy atom. The molecule has 0 bridgehead atoms. The highest BCUT2D eigenvalue weighted by Crippen LogP contribution is 2.35. The van der Waals surface area contributed by atoms with Gasteiger partial charge in [0, 0.05) is 10.6 Å². The minimum atomic E-state index is -0.742. The van der Waals surface area contributed by atoms with E-state index in [9.17, 15) is 9.59 Å². The molecule has 0 N–H and O–H groups in total. The maximum absolute atomic E-state index is 13.6. The van der Waals surface area contributed by atoms with Gasteiger partial charge in [-0.3, -0.25) is 4.79 Å². The van der Waals surface area contributed by atoms with E-state index in [0.29, 0.717) is 27.7 Å². The van der Waals surface area contributed by atoms with Crippen molar-refractivity contribution in [3.63, 3.8) is 0 Å². The molecule has 0 saturated heterocycles. The van der Waals surface area contributed by atoms with E-state index in [1.165, 1.54) is 32.4 Å². The quantitative estimate of drug-likeness (QED) is 0.272. The molecule has 3 aromatic carbocycles. The number of rotatable bonds is 5. The molecule has 0 atom stereocenters. The van der Waals surface area contributed by atoms with Crippen LogP contribution in [0.25, 0.3) is 22.3 Å². The lowest BCUT2D eigenvalue weighted by Crippen LogP contribution is -2.16. The Bertz CT molecular complexity index is 1510. The van der Waals surface area contributed by atoms with Crippen LogP contribution in [0.2, 0.25) is 5.02 Å². The number of aryl methyl sites for hydroxylation is 1. The van der Waals surface area contributed by atoms with Crippen LogP contribution in [-0.4, -0.2) is 20.2 Å². The SMILES string of the molecule is COc1ccc(C(=O)Oc2c(-c3ccc(C(C)(C)C)cc3)oc3cc(C)c(Cl)cc3c2=O)cc1OC. The van der Waals surface area contributed by atoms with Crippen molar-refractivity contribution < 1.29 is 23.4 Å². The first kappa shape index (κ1) is 25.3. The molecule has 0 saturated carbocycles. The van der Waals surface area contributed by atoms with Crippen LogP contribution in [-0.2, 0) is 5.41 Å². The van der Waals surface area contributed by atoms with Crippen molar-refractivity contribution >= 4 is 28.5 Å². The summed E-state index contributed by atoms with van der Waals surface area (Å²) in [6.45, 7) is 8.16. The number of methoxy groups -OCH3 is 2. The van der Waals surface area contributed by atoms with Gasteiger partial charge in [0.05, 0.1) is 25.2 Å². The zero-order valence-corrected chi connectivity index (χ0v) is 21.8. The Hall–Kier alpha value is -3.77. The first-order valence-corrected chi connectivity index (χ1v) is 11.7. The average molecular weight is 507 g/mol. The Morgan fingerprint density at radius 1 is 0.917 bits per heavy atom. The van der Waals surface area contributed by atoms with Gasteiger partial charge in [-0.15, -0.1) is 0 Å². The molecule has 186 valence electrons. The molecule has 0 amide bonds. The number of hydrogen-bond acceptors (Lipinski definition) is 6. The number of ether oxygens (including phenoxy) is 3. The molecule has 0 unspecified atom stereocenters. The van der Waals surface area contributed by atoms with E-state index in [1.807, 2.05) is 31.2 Å². The maximum atomic E-state index is 13.6. The van der Waals surface area contributed by atoms with Crippen molar-refractivity contribution in [3.8, 4) is 28.6 Å². The van der Waals surface area contributed by atoms with Crippen molar-refractivity contribution in [1.82, 2.24) is 0 Å². The van der Waals surface area contributed by atoms with E-state index in [2.05, 4.69) is 20.8 Å². The summed E-state index contributed by atoms with van der Waals surface area (Å²) in [4.78, 5) is 26.7. The molecular formula is C29H27ClO6. The van der Waals surface area contributed by atoms with Crippen LogP contribution in [0.3, 0.4) is 0 Å². The second-order valence-electron chi connectivity index (χ2n) is 9.47. The van der Waals surface area contributed by atoms with E-state index < -0.39 is 11.4 Å². The predicted molar refractivity (Wildman–Crippen MR) is 141 cm³/mol. The lowest BCUT2D eigenvalue weighted by molar-refractivity contribution is 0.0731. The molecule has 4 aromatic rings. The van der Waals surface area contributed by atoms with Gasteiger partial charge in [-0.25, -0.2) is 4.79 Å². The molecule has 1 aromatic heterocycles. The molecule has 0 spiro atoms. The number of carbonyl (C=O) groups is 1. The smallest absolute Gasteiger partial charge is 0.343 e. The summed E-state index contributed by atoms with van der Waals surface area (Å²) in [6, 6.07) is 15.5. The Morgan fingerprint density at radius 3 is 2.19 bits per heavy atom. The summed E-state index contributed by atoms with van der Waals surface area (Å²) in [5.74, 6) is 0.0178. The van der Waals surface area contributed by atoms with Gasteiger partial charge in [0.25, 0.3) is 0 Å². The van der Waals surface area contributed by atoms with E-state index in [1.54, 1.807) is 12.1 Å². The van der Waals surface area contributed by atoms with Crippen molar-refractivity contribution in [2.75, 3.05) is 14.2 Å². The van der Waals surface area contributed by atoms with Crippen LogP contribution in [0.5, 0.6) is 17.2 Å². The number of hydrogen-bond donors (Lipinski definition) is 0. The number of fused-ring (bicyclic) bond motifs is 1. The fraction of sp³-hybridized carbons (Fsp3) is 0.241. The first-order chi connectivity index (χ1) is 17.0. The molecular weight excluding hydrogens is 480 g/mol. The zero-order chi connectivity index (χ0) is 26.2. The highest BCUT2D eigenvalue weighted by atomic mass is 35.5. The lowest BCUT2D eigenvalue weighted by Gasteiger charge is -2.19. The van der Waals surface area contributed by atoms with Gasteiger partial charge < -0.3 is 18.6 Å². The monoisotopic (exact) mass is 506 g/mol. The van der Waals surface area contributed by atoms with Crippen molar-refractivity contribution in [3.05, 3.63) is 86.5 Å². The third-order valence-corrected chi connectivity index (χ3v) is 6.36. The molecule has 4 rings (SSSR count). The van der Waals surface area contributed by atoms with Crippen LogP contribution < -0.4 is 19.6 Å². The van der Waals surface area contributed by atoms with E-state index in [-0.39, 0.29) is 27.9 Å². The van der Waals surface area contributed by atoms with Gasteiger partial charge in [-0.2, -0.15) is 0 Å². The molecule has 6 nitrogen and oxygen atoms in total.